The molecule has 4 aromatic rings. The van der Waals surface area contributed by atoms with Crippen molar-refractivity contribution in [1.82, 2.24) is 30.0 Å². The van der Waals surface area contributed by atoms with E-state index in [-0.39, 0.29) is 35.4 Å². The average molecular weight is 588 g/mol. The molecule has 0 bridgehead atoms. The van der Waals surface area contributed by atoms with Crippen LogP contribution in [0.25, 0.3) is 33.1 Å². The molecule has 3 N–H and O–H groups in total. The number of anilines is 1. The molecule has 3 aromatic heterocycles. The summed E-state index contributed by atoms with van der Waals surface area (Å²) in [6, 6.07) is 2.37. The maximum Gasteiger partial charge on any atom is 0.319 e. The third kappa shape index (κ3) is 4.38. The second kappa shape index (κ2) is 9.80. The van der Waals surface area contributed by atoms with Gasteiger partial charge < -0.3 is 19.8 Å². The Morgan fingerprint density at radius 3 is 2.77 bits per heavy atom. The van der Waals surface area contributed by atoms with Crippen molar-refractivity contribution in [2.75, 3.05) is 37.7 Å². The molecule has 8 rings (SSSR count). The van der Waals surface area contributed by atoms with Crippen molar-refractivity contribution in [2.24, 2.45) is 0 Å². The SMILES string of the molecule is Cc1cc2[nH]ncc2c(-c2ncc3c(N4CCC[C@@](C)(O)C4)nc(OC[C@@]45CCCN4[C@@H](CO)C5)nc3c2F)c1C1CC1. The fourth-order valence-electron chi connectivity index (χ4n) is 8.06. The Hall–Kier alpha value is -3.41. The van der Waals surface area contributed by atoms with E-state index < -0.39 is 11.4 Å². The lowest BCUT2D eigenvalue weighted by molar-refractivity contribution is -0.0851. The number of ether oxygens (including phenoxy) is 1. The summed E-state index contributed by atoms with van der Waals surface area (Å²) in [4.78, 5) is 18.6. The number of aliphatic hydroxyl groups excluding tert-OH is 1. The van der Waals surface area contributed by atoms with E-state index in [0.29, 0.717) is 43.2 Å². The summed E-state index contributed by atoms with van der Waals surface area (Å²) < 4.78 is 23.2. The summed E-state index contributed by atoms with van der Waals surface area (Å²) in [6.45, 7) is 6.40. The molecule has 0 radical (unpaired) electrons. The number of halogens is 1. The molecule has 43 heavy (non-hydrogen) atoms. The highest BCUT2D eigenvalue weighted by molar-refractivity contribution is 5.99. The molecule has 1 saturated carbocycles. The zero-order chi connectivity index (χ0) is 29.5. The number of rotatable bonds is 7. The Morgan fingerprint density at radius 1 is 1.14 bits per heavy atom. The zero-order valence-electron chi connectivity index (χ0n) is 24.7. The molecule has 1 aromatic carbocycles. The molecule has 3 aliphatic heterocycles. The van der Waals surface area contributed by atoms with Gasteiger partial charge in [0.1, 0.15) is 23.6 Å². The summed E-state index contributed by atoms with van der Waals surface area (Å²) in [5.74, 6) is 0.399. The smallest absolute Gasteiger partial charge is 0.319 e. The van der Waals surface area contributed by atoms with Crippen LogP contribution in [0.15, 0.2) is 18.5 Å². The topological polar surface area (TPSA) is 124 Å². The van der Waals surface area contributed by atoms with Gasteiger partial charge in [0.05, 0.1) is 34.8 Å². The molecule has 226 valence electrons. The van der Waals surface area contributed by atoms with Gasteiger partial charge in [-0.25, -0.2) is 4.39 Å². The van der Waals surface area contributed by atoms with Gasteiger partial charge in [0.2, 0.25) is 0 Å². The van der Waals surface area contributed by atoms with Crippen molar-refractivity contribution < 1.29 is 19.3 Å². The van der Waals surface area contributed by atoms with Crippen molar-refractivity contribution in [2.45, 2.75) is 81.9 Å². The number of piperidine rings is 1. The van der Waals surface area contributed by atoms with E-state index in [2.05, 4.69) is 33.1 Å². The third-order valence-electron chi connectivity index (χ3n) is 10.2. The molecule has 4 aliphatic rings. The molecule has 1 aliphatic carbocycles. The van der Waals surface area contributed by atoms with Crippen LogP contribution < -0.4 is 9.64 Å². The lowest BCUT2D eigenvalue weighted by atomic mass is 9.80. The van der Waals surface area contributed by atoms with Crippen molar-refractivity contribution in [1.29, 1.82) is 0 Å². The minimum Gasteiger partial charge on any atom is -0.461 e. The number of aliphatic hydroxyl groups is 2. The number of benzene rings is 1. The van der Waals surface area contributed by atoms with Crippen LogP contribution in [0.4, 0.5) is 10.2 Å². The van der Waals surface area contributed by atoms with Crippen molar-refractivity contribution >= 4 is 27.6 Å². The van der Waals surface area contributed by atoms with Crippen LogP contribution in [-0.4, -0.2) is 90.3 Å². The first-order valence-electron chi connectivity index (χ1n) is 15.6. The van der Waals surface area contributed by atoms with E-state index in [0.717, 1.165) is 72.7 Å². The first kappa shape index (κ1) is 27.2. The molecule has 0 amide bonds. The summed E-state index contributed by atoms with van der Waals surface area (Å²) in [5.41, 5.74) is 3.25. The number of hydrogen-bond acceptors (Lipinski definition) is 9. The Labute approximate surface area is 249 Å². The van der Waals surface area contributed by atoms with Crippen LogP contribution >= 0.6 is 0 Å². The van der Waals surface area contributed by atoms with Crippen molar-refractivity contribution in [3.63, 3.8) is 0 Å². The maximum atomic E-state index is 16.9. The van der Waals surface area contributed by atoms with Gasteiger partial charge >= 0.3 is 6.01 Å². The molecule has 0 spiro atoms. The minimum atomic E-state index is -0.884. The van der Waals surface area contributed by atoms with Gasteiger partial charge in [0.25, 0.3) is 0 Å². The highest BCUT2D eigenvalue weighted by atomic mass is 19.1. The average Bonchev–Trinajstić information content (AvgIpc) is 3.62. The van der Waals surface area contributed by atoms with Gasteiger partial charge in [-0.05, 0) is 88.4 Å². The number of pyridine rings is 1. The first-order chi connectivity index (χ1) is 20.8. The Morgan fingerprint density at radius 2 is 1.98 bits per heavy atom. The van der Waals surface area contributed by atoms with Gasteiger partial charge in [-0.15, -0.1) is 0 Å². The van der Waals surface area contributed by atoms with E-state index >= 15 is 4.39 Å². The molecular weight excluding hydrogens is 549 g/mol. The Bertz CT molecular complexity index is 1740. The largest absolute Gasteiger partial charge is 0.461 e. The predicted molar refractivity (Wildman–Crippen MR) is 161 cm³/mol. The number of aromatic nitrogens is 5. The quantitative estimate of drug-likeness (QED) is 0.292. The number of nitrogens with one attached hydrogen (secondary N) is 1. The van der Waals surface area contributed by atoms with Gasteiger partial charge in [0, 0.05) is 36.3 Å². The lowest BCUT2D eigenvalue weighted by Gasteiger charge is -2.53. The highest BCUT2D eigenvalue weighted by Crippen LogP contribution is 2.49. The van der Waals surface area contributed by atoms with Crippen LogP contribution in [0, 0.1) is 12.7 Å². The molecule has 0 unspecified atom stereocenters. The van der Waals surface area contributed by atoms with E-state index in [9.17, 15) is 10.2 Å². The second-order valence-electron chi connectivity index (χ2n) is 13.5. The van der Waals surface area contributed by atoms with Crippen molar-refractivity contribution in [3.05, 3.63) is 35.4 Å². The highest BCUT2D eigenvalue weighted by Gasteiger charge is 2.54. The summed E-state index contributed by atoms with van der Waals surface area (Å²) in [5, 5.41) is 29.3. The first-order valence-corrected chi connectivity index (χ1v) is 15.6. The fourth-order valence-corrected chi connectivity index (χ4v) is 8.06. The molecule has 3 atom stereocenters. The molecule has 6 heterocycles. The number of H-pyrrole nitrogens is 1. The molecule has 3 saturated heterocycles. The standard InChI is InChI=1S/C32H38FN7O3/c1-18-11-23-21(14-35-38-23)25(24(18)19-5-6-19)28-26(33)27-22(13-34-28)29(39-9-3-7-31(2,42)16-39)37-30(36-27)43-17-32-8-4-10-40(32)20(12-32)15-41/h11,13-14,19-20,41-42H,3-10,12,15-17H2,1-2H3,(H,35,38)/t20-,31-,32+/m1/s1. The minimum absolute atomic E-state index is 0.123. The summed E-state index contributed by atoms with van der Waals surface area (Å²) >= 11 is 0. The number of nitrogens with zero attached hydrogens (tertiary/aromatic N) is 6. The van der Waals surface area contributed by atoms with E-state index in [1.54, 1.807) is 12.4 Å². The number of aryl methyl sites for hydroxylation is 1. The van der Waals surface area contributed by atoms with Crippen LogP contribution in [0.2, 0.25) is 0 Å². The van der Waals surface area contributed by atoms with Gasteiger partial charge in [-0.1, -0.05) is 0 Å². The van der Waals surface area contributed by atoms with E-state index in [1.807, 2.05) is 11.8 Å². The molecular formula is C32H38FN7O3. The maximum absolute atomic E-state index is 16.9. The normalized spacial score (nSPS) is 27.6. The number of fused-ring (bicyclic) bond motifs is 3. The lowest BCUT2D eigenvalue weighted by Crippen LogP contribution is -2.66. The second-order valence-corrected chi connectivity index (χ2v) is 13.5. The molecule has 11 heteroatoms. The predicted octanol–water partition coefficient (Wildman–Crippen LogP) is 4.22. The Kier molecular flexibility index (Phi) is 6.19. The monoisotopic (exact) mass is 587 g/mol. The van der Waals surface area contributed by atoms with Crippen molar-refractivity contribution in [3.8, 4) is 17.3 Å². The Balaban J connectivity index is 1.26. The van der Waals surface area contributed by atoms with Gasteiger partial charge in [-0.3, -0.25) is 15.0 Å². The number of hydrogen-bond donors (Lipinski definition) is 3. The number of β-amino-alcohol motifs (C(OH)–C–C–N with tert-alkyl or cyclic N) is 1. The number of aromatic amines is 1. The fraction of sp³-hybridized carbons (Fsp3) is 0.562. The van der Waals surface area contributed by atoms with Gasteiger partial charge in [-0.2, -0.15) is 15.1 Å². The van der Waals surface area contributed by atoms with E-state index in [1.165, 1.54) is 0 Å². The van der Waals surface area contributed by atoms with Crippen LogP contribution in [0.1, 0.15) is 68.9 Å². The summed E-state index contributed by atoms with van der Waals surface area (Å²) in [7, 11) is 0. The van der Waals surface area contributed by atoms with E-state index in [4.69, 9.17) is 14.7 Å². The van der Waals surface area contributed by atoms with Crippen LogP contribution in [0.5, 0.6) is 6.01 Å². The van der Waals surface area contributed by atoms with Crippen LogP contribution in [-0.2, 0) is 0 Å². The molecule has 10 nitrogen and oxygen atoms in total. The van der Waals surface area contributed by atoms with Crippen LogP contribution in [0.3, 0.4) is 0 Å². The third-order valence-corrected chi connectivity index (χ3v) is 10.2. The summed E-state index contributed by atoms with van der Waals surface area (Å²) in [6.07, 6.45) is 9.95. The zero-order valence-corrected chi connectivity index (χ0v) is 24.7. The van der Waals surface area contributed by atoms with Gasteiger partial charge in [0.15, 0.2) is 5.82 Å². The molecule has 4 fully saturated rings.